The van der Waals surface area contributed by atoms with Crippen molar-refractivity contribution < 1.29 is 33.3 Å². The summed E-state index contributed by atoms with van der Waals surface area (Å²) in [5, 5.41) is 4.48. The third-order valence-corrected chi connectivity index (χ3v) is 4.85. The second kappa shape index (κ2) is 12.3. The monoisotopic (exact) mass is 498 g/mol. The molecule has 1 N–H and O–H groups in total. The number of benzene rings is 3. The summed E-state index contributed by atoms with van der Waals surface area (Å²) in [5.41, 5.74) is 3.02. The molecule has 0 spiro atoms. The topological polar surface area (TPSA) is 105 Å². The van der Waals surface area contributed by atoms with E-state index in [9.17, 15) is 9.59 Å². The second-order valence-electron chi connectivity index (χ2n) is 6.88. The van der Waals surface area contributed by atoms with Gasteiger partial charge in [-0.25, -0.2) is 10.2 Å². The molecular formula is C25H23ClN2O7. The number of hydrazone groups is 1. The number of hydrogen-bond acceptors (Lipinski definition) is 8. The zero-order valence-electron chi connectivity index (χ0n) is 19.2. The van der Waals surface area contributed by atoms with Crippen molar-refractivity contribution in [2.24, 2.45) is 5.10 Å². The van der Waals surface area contributed by atoms with Crippen LogP contribution in [0, 0.1) is 0 Å². The first kappa shape index (κ1) is 25.4. The third kappa shape index (κ3) is 6.87. The molecule has 3 rings (SSSR count). The van der Waals surface area contributed by atoms with E-state index in [1.807, 2.05) is 0 Å². The molecule has 1 amide bonds. The standard InChI is InChI=1S/C25H23ClN2O7/c1-31-21-12-17(13-22(32-2)24(21)33-3)25(30)35-20-7-5-4-6-16(20)14-27-28-23(29)15-34-19-10-8-18(26)9-11-19/h4-14H,15H2,1-3H3,(H,28,29)/b27-14-. The summed E-state index contributed by atoms with van der Waals surface area (Å²) in [5.74, 6) is 0.608. The zero-order valence-corrected chi connectivity index (χ0v) is 20.0. The summed E-state index contributed by atoms with van der Waals surface area (Å²) >= 11 is 5.82. The Bertz CT molecular complexity index is 1190. The molecule has 3 aromatic rings. The molecule has 0 atom stereocenters. The fourth-order valence-electron chi connectivity index (χ4n) is 2.92. The molecule has 10 heteroatoms. The van der Waals surface area contributed by atoms with Gasteiger partial charge in [-0.2, -0.15) is 5.10 Å². The summed E-state index contributed by atoms with van der Waals surface area (Å²) in [7, 11) is 4.37. The molecular weight excluding hydrogens is 476 g/mol. The third-order valence-electron chi connectivity index (χ3n) is 4.60. The van der Waals surface area contributed by atoms with E-state index in [0.29, 0.717) is 33.6 Å². The van der Waals surface area contributed by atoms with E-state index in [4.69, 9.17) is 35.3 Å². The Kier molecular flexibility index (Phi) is 8.91. The number of esters is 1. The summed E-state index contributed by atoms with van der Waals surface area (Å²) < 4.78 is 26.7. The number of para-hydroxylation sites is 1. The Labute approximate surface area is 207 Å². The number of nitrogens with one attached hydrogen (secondary N) is 1. The minimum Gasteiger partial charge on any atom is -0.493 e. The molecule has 0 bridgehead atoms. The lowest BCUT2D eigenvalue weighted by molar-refractivity contribution is -0.123. The van der Waals surface area contributed by atoms with Crippen molar-refractivity contribution in [2.75, 3.05) is 27.9 Å². The van der Waals surface area contributed by atoms with Gasteiger partial charge in [0.1, 0.15) is 11.5 Å². The Morgan fingerprint density at radius 3 is 2.20 bits per heavy atom. The highest BCUT2D eigenvalue weighted by Gasteiger charge is 2.19. The molecule has 0 aliphatic heterocycles. The minimum absolute atomic E-state index is 0.193. The van der Waals surface area contributed by atoms with Crippen molar-refractivity contribution in [1.29, 1.82) is 0 Å². The molecule has 0 aromatic heterocycles. The van der Waals surface area contributed by atoms with Crippen molar-refractivity contribution in [2.45, 2.75) is 0 Å². The van der Waals surface area contributed by atoms with Crippen molar-refractivity contribution in [3.8, 4) is 28.7 Å². The maximum atomic E-state index is 12.8. The van der Waals surface area contributed by atoms with Gasteiger partial charge in [-0.05, 0) is 48.5 Å². The maximum absolute atomic E-state index is 12.8. The van der Waals surface area contributed by atoms with Gasteiger partial charge in [-0.3, -0.25) is 4.79 Å². The van der Waals surface area contributed by atoms with Crippen LogP contribution in [0.3, 0.4) is 0 Å². The lowest BCUT2D eigenvalue weighted by atomic mass is 10.1. The molecule has 0 heterocycles. The molecule has 0 aliphatic carbocycles. The second-order valence-corrected chi connectivity index (χ2v) is 7.31. The van der Waals surface area contributed by atoms with Gasteiger partial charge in [-0.15, -0.1) is 0 Å². The molecule has 0 saturated heterocycles. The molecule has 3 aromatic carbocycles. The van der Waals surface area contributed by atoms with Crippen LogP contribution >= 0.6 is 11.6 Å². The molecule has 182 valence electrons. The number of carbonyl (C=O) groups excluding carboxylic acids is 2. The highest BCUT2D eigenvalue weighted by molar-refractivity contribution is 6.30. The Hall–Kier alpha value is -4.24. The number of halogens is 1. The van der Waals surface area contributed by atoms with Crippen LogP contribution in [-0.4, -0.2) is 46.0 Å². The van der Waals surface area contributed by atoms with Crippen LogP contribution in [-0.2, 0) is 4.79 Å². The number of rotatable bonds is 10. The largest absolute Gasteiger partial charge is 0.493 e. The highest BCUT2D eigenvalue weighted by atomic mass is 35.5. The molecule has 0 radical (unpaired) electrons. The van der Waals surface area contributed by atoms with Crippen molar-refractivity contribution in [1.82, 2.24) is 5.43 Å². The smallest absolute Gasteiger partial charge is 0.343 e. The number of nitrogens with zero attached hydrogens (tertiary/aromatic N) is 1. The highest BCUT2D eigenvalue weighted by Crippen LogP contribution is 2.38. The number of methoxy groups -OCH3 is 3. The average molecular weight is 499 g/mol. The SMILES string of the molecule is COc1cc(C(=O)Oc2ccccc2/C=N\NC(=O)COc2ccc(Cl)cc2)cc(OC)c1OC. The van der Waals surface area contributed by atoms with Crippen LogP contribution in [0.1, 0.15) is 15.9 Å². The maximum Gasteiger partial charge on any atom is 0.343 e. The number of amides is 1. The van der Waals surface area contributed by atoms with Gasteiger partial charge in [0.15, 0.2) is 18.1 Å². The fourth-order valence-corrected chi connectivity index (χ4v) is 3.05. The van der Waals surface area contributed by atoms with Crippen molar-refractivity contribution >= 4 is 29.7 Å². The molecule has 35 heavy (non-hydrogen) atoms. The van der Waals surface area contributed by atoms with Crippen molar-refractivity contribution in [3.63, 3.8) is 0 Å². The zero-order chi connectivity index (χ0) is 25.2. The quantitative estimate of drug-likeness (QED) is 0.194. The lowest BCUT2D eigenvalue weighted by Gasteiger charge is -2.14. The average Bonchev–Trinajstić information content (AvgIpc) is 2.88. The predicted octanol–water partition coefficient (Wildman–Crippen LogP) is 4.11. The normalized spacial score (nSPS) is 10.5. The van der Waals surface area contributed by atoms with Gasteiger partial charge < -0.3 is 23.7 Å². The first-order valence-electron chi connectivity index (χ1n) is 10.3. The number of hydrogen-bond donors (Lipinski definition) is 1. The molecule has 0 fully saturated rings. The van der Waals surface area contributed by atoms with Crippen LogP contribution in [0.5, 0.6) is 28.7 Å². The van der Waals surface area contributed by atoms with E-state index >= 15 is 0 Å². The molecule has 0 aliphatic rings. The van der Waals surface area contributed by atoms with E-state index in [2.05, 4.69) is 10.5 Å². The minimum atomic E-state index is -0.648. The van der Waals surface area contributed by atoms with E-state index in [1.54, 1.807) is 48.5 Å². The molecule has 0 unspecified atom stereocenters. The summed E-state index contributed by atoms with van der Waals surface area (Å²) in [4.78, 5) is 24.8. The van der Waals surface area contributed by atoms with Crippen molar-refractivity contribution in [3.05, 3.63) is 76.8 Å². The lowest BCUT2D eigenvalue weighted by Crippen LogP contribution is -2.24. The first-order chi connectivity index (χ1) is 16.9. The van der Waals surface area contributed by atoms with E-state index in [0.717, 1.165) is 0 Å². The summed E-state index contributed by atoms with van der Waals surface area (Å²) in [6.07, 6.45) is 1.36. The van der Waals surface area contributed by atoms with Gasteiger partial charge >= 0.3 is 5.97 Å². The van der Waals surface area contributed by atoms with Gasteiger partial charge in [0.05, 0.1) is 33.1 Å². The van der Waals surface area contributed by atoms with E-state index < -0.39 is 11.9 Å². The van der Waals surface area contributed by atoms with Gasteiger partial charge in [0.2, 0.25) is 5.75 Å². The molecule has 9 nitrogen and oxygen atoms in total. The molecule has 0 saturated carbocycles. The van der Waals surface area contributed by atoms with Gasteiger partial charge in [0, 0.05) is 10.6 Å². The van der Waals surface area contributed by atoms with E-state index in [1.165, 1.54) is 39.7 Å². The summed E-state index contributed by atoms with van der Waals surface area (Å²) in [6.45, 7) is -0.239. The van der Waals surface area contributed by atoms with Crippen LogP contribution in [0.25, 0.3) is 0 Å². The predicted molar refractivity (Wildman–Crippen MR) is 130 cm³/mol. The van der Waals surface area contributed by atoms with Gasteiger partial charge in [-0.1, -0.05) is 23.7 Å². The van der Waals surface area contributed by atoms with E-state index in [-0.39, 0.29) is 17.9 Å². The van der Waals surface area contributed by atoms with Crippen LogP contribution < -0.4 is 29.1 Å². The van der Waals surface area contributed by atoms with Crippen LogP contribution in [0.2, 0.25) is 5.02 Å². The first-order valence-corrected chi connectivity index (χ1v) is 10.6. The fraction of sp³-hybridized carbons (Fsp3) is 0.160. The Balaban J connectivity index is 1.65. The Morgan fingerprint density at radius 1 is 0.914 bits per heavy atom. The van der Waals surface area contributed by atoms with Gasteiger partial charge in [0.25, 0.3) is 5.91 Å². The summed E-state index contributed by atoms with van der Waals surface area (Å²) in [6, 6.07) is 16.3. The number of ether oxygens (including phenoxy) is 5. The Morgan fingerprint density at radius 2 is 1.57 bits per heavy atom. The van der Waals surface area contributed by atoms with Crippen LogP contribution in [0.4, 0.5) is 0 Å². The number of carbonyl (C=O) groups is 2. The van der Waals surface area contributed by atoms with Crippen LogP contribution in [0.15, 0.2) is 65.8 Å².